The van der Waals surface area contributed by atoms with Gasteiger partial charge in [0.15, 0.2) is 0 Å². The van der Waals surface area contributed by atoms with Crippen LogP contribution in [0.3, 0.4) is 0 Å². The second kappa shape index (κ2) is 9.75. The molecule has 0 aliphatic rings. The first-order valence-corrected chi connectivity index (χ1v) is 9.19. The smallest absolute Gasteiger partial charge is 0.256 e. The normalized spacial score (nSPS) is 10.7. The molecule has 0 saturated heterocycles. The van der Waals surface area contributed by atoms with Gasteiger partial charge in [0.05, 0.1) is 17.4 Å². The van der Waals surface area contributed by atoms with Crippen molar-refractivity contribution in [2.45, 2.75) is 46.6 Å². The van der Waals surface area contributed by atoms with Crippen LogP contribution < -0.4 is 10.1 Å². The first-order valence-electron chi connectivity index (χ1n) is 9.19. The molecule has 0 unspecified atom stereocenters. The van der Waals surface area contributed by atoms with Crippen LogP contribution in [0.2, 0.25) is 0 Å². The maximum absolute atomic E-state index is 12.6. The number of hydrogen-bond donors (Lipinski definition) is 1. The van der Waals surface area contributed by atoms with Crippen LogP contribution in [0.5, 0.6) is 5.75 Å². The molecule has 0 bridgehead atoms. The minimum absolute atomic E-state index is 0.0243. The maximum Gasteiger partial charge on any atom is 0.256 e. The lowest BCUT2D eigenvalue weighted by Gasteiger charge is -2.21. The molecule has 0 atom stereocenters. The molecule has 2 aromatic rings. The lowest BCUT2D eigenvalue weighted by atomic mass is 10.2. The molecule has 1 heterocycles. The van der Waals surface area contributed by atoms with E-state index in [-0.39, 0.29) is 12.0 Å². The molecule has 140 valence electrons. The zero-order valence-electron chi connectivity index (χ0n) is 16.0. The first kappa shape index (κ1) is 19.7. The van der Waals surface area contributed by atoms with E-state index in [2.05, 4.69) is 29.1 Å². The van der Waals surface area contributed by atoms with Crippen molar-refractivity contribution < 1.29 is 9.53 Å². The first-order chi connectivity index (χ1) is 12.5. The van der Waals surface area contributed by atoms with Crippen LogP contribution in [0.15, 0.2) is 36.7 Å². The van der Waals surface area contributed by atoms with E-state index in [1.165, 1.54) is 0 Å². The van der Waals surface area contributed by atoms with Crippen LogP contribution in [0.25, 0.3) is 0 Å². The Morgan fingerprint density at radius 1 is 1.12 bits per heavy atom. The molecular formula is C20H28N4O2. The van der Waals surface area contributed by atoms with Crippen molar-refractivity contribution in [2.75, 3.05) is 18.4 Å². The van der Waals surface area contributed by atoms with Gasteiger partial charge in [-0.15, -0.1) is 0 Å². The average molecular weight is 356 g/mol. The lowest BCUT2D eigenvalue weighted by molar-refractivity contribution is 0.0754. The van der Waals surface area contributed by atoms with Crippen LogP contribution in [0, 0.1) is 0 Å². The molecule has 0 spiro atoms. The molecule has 1 amide bonds. The number of para-hydroxylation sites is 2. The van der Waals surface area contributed by atoms with E-state index >= 15 is 0 Å². The molecule has 0 aliphatic carbocycles. The number of carbonyl (C=O) groups excluding carboxylic acids is 1. The summed E-state index contributed by atoms with van der Waals surface area (Å²) >= 11 is 0. The number of amides is 1. The van der Waals surface area contributed by atoms with E-state index in [9.17, 15) is 4.79 Å². The number of carbonyl (C=O) groups is 1. The SMILES string of the molecule is CCCN(CCC)C(=O)c1cnc(Nc2ccccc2OC(C)C)nc1. The van der Waals surface area contributed by atoms with Gasteiger partial charge in [-0.3, -0.25) is 4.79 Å². The maximum atomic E-state index is 12.6. The van der Waals surface area contributed by atoms with E-state index in [4.69, 9.17) is 4.74 Å². The van der Waals surface area contributed by atoms with Gasteiger partial charge in [0.25, 0.3) is 5.91 Å². The highest BCUT2D eigenvalue weighted by atomic mass is 16.5. The number of aromatic nitrogens is 2. The summed E-state index contributed by atoms with van der Waals surface area (Å²) in [6.07, 6.45) is 5.07. The summed E-state index contributed by atoms with van der Waals surface area (Å²) in [5, 5.41) is 3.15. The highest BCUT2D eigenvalue weighted by molar-refractivity contribution is 5.93. The molecule has 1 aromatic heterocycles. The number of nitrogens with zero attached hydrogens (tertiary/aromatic N) is 3. The van der Waals surface area contributed by atoms with Gasteiger partial charge in [-0.05, 0) is 38.8 Å². The highest BCUT2D eigenvalue weighted by Crippen LogP contribution is 2.26. The Bertz CT molecular complexity index is 695. The second-order valence-corrected chi connectivity index (χ2v) is 6.38. The Labute approximate surface area is 155 Å². The summed E-state index contributed by atoms with van der Waals surface area (Å²) < 4.78 is 5.79. The van der Waals surface area contributed by atoms with E-state index in [0.29, 0.717) is 11.5 Å². The predicted molar refractivity (Wildman–Crippen MR) is 104 cm³/mol. The van der Waals surface area contributed by atoms with E-state index in [0.717, 1.165) is 37.4 Å². The molecule has 2 rings (SSSR count). The Morgan fingerprint density at radius 3 is 2.31 bits per heavy atom. The summed E-state index contributed by atoms with van der Waals surface area (Å²) in [6, 6.07) is 7.64. The minimum atomic E-state index is -0.0243. The van der Waals surface area contributed by atoms with Crippen LogP contribution in [-0.2, 0) is 0 Å². The third-order valence-electron chi connectivity index (χ3n) is 3.67. The van der Waals surface area contributed by atoms with E-state index in [1.54, 1.807) is 12.4 Å². The second-order valence-electron chi connectivity index (χ2n) is 6.38. The largest absolute Gasteiger partial charge is 0.489 e. The standard InChI is InChI=1S/C20H28N4O2/c1-5-11-24(12-6-2)19(25)16-13-21-20(22-14-16)23-17-9-7-8-10-18(17)26-15(3)4/h7-10,13-15H,5-6,11-12H2,1-4H3,(H,21,22,23). The van der Waals surface area contributed by atoms with Gasteiger partial charge in [0, 0.05) is 25.5 Å². The third-order valence-corrected chi connectivity index (χ3v) is 3.67. The van der Waals surface area contributed by atoms with Crippen LogP contribution in [0.4, 0.5) is 11.6 Å². The van der Waals surface area contributed by atoms with Crippen LogP contribution in [0.1, 0.15) is 50.9 Å². The van der Waals surface area contributed by atoms with Crippen molar-refractivity contribution in [3.63, 3.8) is 0 Å². The predicted octanol–water partition coefficient (Wildman–Crippen LogP) is 4.27. The fraction of sp³-hybridized carbons (Fsp3) is 0.450. The summed E-state index contributed by atoms with van der Waals surface area (Å²) in [5.41, 5.74) is 1.29. The molecule has 1 N–H and O–H groups in total. The quantitative estimate of drug-likeness (QED) is 0.727. The van der Waals surface area contributed by atoms with Gasteiger partial charge < -0.3 is 15.0 Å². The molecule has 0 radical (unpaired) electrons. The number of benzene rings is 1. The number of anilines is 2. The minimum Gasteiger partial charge on any atom is -0.489 e. The molecule has 26 heavy (non-hydrogen) atoms. The van der Waals surface area contributed by atoms with Crippen molar-refractivity contribution in [1.82, 2.24) is 14.9 Å². The zero-order valence-corrected chi connectivity index (χ0v) is 16.0. The molecule has 0 fully saturated rings. The fourth-order valence-corrected chi connectivity index (χ4v) is 2.59. The highest BCUT2D eigenvalue weighted by Gasteiger charge is 2.15. The van der Waals surface area contributed by atoms with Crippen LogP contribution >= 0.6 is 0 Å². The number of rotatable bonds is 9. The lowest BCUT2D eigenvalue weighted by Crippen LogP contribution is -2.32. The Kier molecular flexibility index (Phi) is 7.38. The topological polar surface area (TPSA) is 67.4 Å². The molecule has 1 aromatic carbocycles. The van der Waals surface area contributed by atoms with Gasteiger partial charge in [-0.1, -0.05) is 26.0 Å². The number of nitrogens with one attached hydrogen (secondary N) is 1. The number of hydrogen-bond acceptors (Lipinski definition) is 5. The fourth-order valence-electron chi connectivity index (χ4n) is 2.59. The molecule has 6 nitrogen and oxygen atoms in total. The molecule has 0 aliphatic heterocycles. The number of ether oxygens (including phenoxy) is 1. The Hall–Kier alpha value is -2.63. The van der Waals surface area contributed by atoms with Gasteiger partial charge in [-0.25, -0.2) is 9.97 Å². The summed E-state index contributed by atoms with van der Waals surface area (Å²) in [7, 11) is 0. The third kappa shape index (κ3) is 5.44. The Balaban J connectivity index is 2.11. The van der Waals surface area contributed by atoms with Gasteiger partial charge >= 0.3 is 0 Å². The summed E-state index contributed by atoms with van der Waals surface area (Å²) in [4.78, 5) is 23.0. The van der Waals surface area contributed by atoms with Crippen molar-refractivity contribution in [1.29, 1.82) is 0 Å². The average Bonchev–Trinajstić information content (AvgIpc) is 2.63. The molecule has 6 heteroatoms. The van der Waals surface area contributed by atoms with E-state index in [1.807, 2.05) is 43.0 Å². The molecular weight excluding hydrogens is 328 g/mol. The Morgan fingerprint density at radius 2 is 1.73 bits per heavy atom. The van der Waals surface area contributed by atoms with Gasteiger partial charge in [0.1, 0.15) is 5.75 Å². The zero-order chi connectivity index (χ0) is 18.9. The monoisotopic (exact) mass is 356 g/mol. The van der Waals surface area contributed by atoms with Crippen molar-refractivity contribution >= 4 is 17.5 Å². The molecule has 0 saturated carbocycles. The van der Waals surface area contributed by atoms with Crippen molar-refractivity contribution in [3.8, 4) is 5.75 Å². The summed E-state index contributed by atoms with van der Waals surface area (Å²) in [5.74, 6) is 1.14. The van der Waals surface area contributed by atoms with Gasteiger partial charge in [0.2, 0.25) is 5.95 Å². The van der Waals surface area contributed by atoms with Crippen molar-refractivity contribution in [3.05, 3.63) is 42.2 Å². The van der Waals surface area contributed by atoms with Crippen LogP contribution in [-0.4, -0.2) is 40.0 Å². The summed E-state index contributed by atoms with van der Waals surface area (Å²) in [6.45, 7) is 9.57. The van der Waals surface area contributed by atoms with Crippen molar-refractivity contribution in [2.24, 2.45) is 0 Å². The van der Waals surface area contributed by atoms with E-state index < -0.39 is 0 Å². The van der Waals surface area contributed by atoms with Gasteiger partial charge in [-0.2, -0.15) is 0 Å².